The Balaban J connectivity index is 1.96. The van der Waals surface area contributed by atoms with E-state index in [4.69, 9.17) is 0 Å². The maximum absolute atomic E-state index is 13.7. The van der Waals surface area contributed by atoms with E-state index in [2.05, 4.69) is 24.1 Å². The van der Waals surface area contributed by atoms with Crippen LogP contribution in [-0.4, -0.2) is 30.1 Å². The monoisotopic (exact) mass is 250 g/mol. The third kappa shape index (κ3) is 3.02. The lowest BCUT2D eigenvalue weighted by molar-refractivity contribution is 0.177. The molecule has 1 aliphatic rings. The van der Waals surface area contributed by atoms with Crippen molar-refractivity contribution in [2.75, 3.05) is 18.4 Å². The van der Waals surface area contributed by atoms with Crippen LogP contribution in [0.2, 0.25) is 0 Å². The third-order valence-corrected chi connectivity index (χ3v) is 3.83. The average Bonchev–Trinajstić information content (AvgIpc) is 2.34. The molecule has 0 radical (unpaired) electrons. The van der Waals surface area contributed by atoms with Crippen molar-refractivity contribution in [3.8, 4) is 0 Å². The molecule has 1 heterocycles. The largest absolute Gasteiger partial charge is 0.380 e. The van der Waals surface area contributed by atoms with E-state index in [1.165, 1.54) is 6.07 Å². The van der Waals surface area contributed by atoms with Crippen LogP contribution in [0.25, 0.3) is 0 Å². The normalized spacial score (nSPS) is 18.3. The van der Waals surface area contributed by atoms with Gasteiger partial charge in [0, 0.05) is 25.2 Å². The molecule has 1 aromatic carbocycles. The number of anilines is 1. The van der Waals surface area contributed by atoms with Crippen molar-refractivity contribution < 1.29 is 4.39 Å². The van der Waals surface area contributed by atoms with E-state index in [-0.39, 0.29) is 5.82 Å². The van der Waals surface area contributed by atoms with Gasteiger partial charge in [-0.15, -0.1) is 0 Å². The Morgan fingerprint density at radius 1 is 1.28 bits per heavy atom. The zero-order valence-electron chi connectivity index (χ0n) is 11.5. The number of nitrogens with zero attached hydrogens (tertiary/aromatic N) is 1. The summed E-state index contributed by atoms with van der Waals surface area (Å²) in [5, 5.41) is 3.38. The fraction of sp³-hybridized carbons (Fsp3) is 0.600. The number of hydrogen-bond acceptors (Lipinski definition) is 2. The lowest BCUT2D eigenvalue weighted by atomic mass is 10.0. The third-order valence-electron chi connectivity index (χ3n) is 3.83. The standard InChI is InChI=1S/C15H23FN2/c1-11(2)18-9-7-13(8-10-18)17-15-12(3)5-4-6-14(15)16/h4-6,11,13,17H,7-10H2,1-3H3. The predicted octanol–water partition coefficient (Wildman–Crippen LogP) is 3.42. The van der Waals surface area contributed by atoms with Crippen LogP contribution >= 0.6 is 0 Å². The van der Waals surface area contributed by atoms with Gasteiger partial charge in [0.05, 0.1) is 5.69 Å². The maximum atomic E-state index is 13.7. The minimum Gasteiger partial charge on any atom is -0.380 e. The Bertz CT molecular complexity index is 375. The van der Waals surface area contributed by atoms with Crippen LogP contribution in [0.5, 0.6) is 0 Å². The summed E-state index contributed by atoms with van der Waals surface area (Å²) in [5.41, 5.74) is 1.67. The Morgan fingerprint density at radius 2 is 1.94 bits per heavy atom. The molecule has 0 aromatic heterocycles. The lowest BCUT2D eigenvalue weighted by Crippen LogP contribution is -2.42. The topological polar surface area (TPSA) is 15.3 Å². The number of rotatable bonds is 3. The summed E-state index contributed by atoms with van der Waals surface area (Å²) in [4.78, 5) is 2.48. The van der Waals surface area contributed by atoms with Gasteiger partial charge in [-0.25, -0.2) is 4.39 Å². The number of halogens is 1. The molecule has 100 valence electrons. The van der Waals surface area contributed by atoms with Crippen molar-refractivity contribution in [2.45, 2.75) is 45.7 Å². The van der Waals surface area contributed by atoms with E-state index in [1.54, 1.807) is 6.07 Å². The summed E-state index contributed by atoms with van der Waals surface area (Å²) in [5.74, 6) is -0.138. The van der Waals surface area contributed by atoms with Gasteiger partial charge >= 0.3 is 0 Å². The van der Waals surface area contributed by atoms with Gasteiger partial charge in [0.25, 0.3) is 0 Å². The van der Waals surface area contributed by atoms with Gasteiger partial charge in [-0.1, -0.05) is 12.1 Å². The van der Waals surface area contributed by atoms with E-state index in [0.717, 1.165) is 31.5 Å². The minimum atomic E-state index is -0.138. The highest BCUT2D eigenvalue weighted by Crippen LogP contribution is 2.23. The molecule has 0 aliphatic carbocycles. The highest BCUT2D eigenvalue weighted by atomic mass is 19.1. The van der Waals surface area contributed by atoms with Gasteiger partial charge in [0.1, 0.15) is 5.82 Å². The Morgan fingerprint density at radius 3 is 2.50 bits per heavy atom. The summed E-state index contributed by atoms with van der Waals surface area (Å²) in [6.45, 7) is 8.61. The van der Waals surface area contributed by atoms with Crippen LogP contribution in [0.1, 0.15) is 32.3 Å². The molecule has 1 aromatic rings. The zero-order chi connectivity index (χ0) is 13.1. The van der Waals surface area contributed by atoms with Crippen molar-refractivity contribution in [3.05, 3.63) is 29.6 Å². The molecule has 1 N–H and O–H groups in total. The molecular weight excluding hydrogens is 227 g/mol. The molecule has 3 heteroatoms. The first-order valence-electron chi connectivity index (χ1n) is 6.83. The van der Waals surface area contributed by atoms with Crippen LogP contribution in [-0.2, 0) is 0 Å². The molecule has 0 amide bonds. The van der Waals surface area contributed by atoms with Gasteiger partial charge in [-0.3, -0.25) is 0 Å². The zero-order valence-corrected chi connectivity index (χ0v) is 11.5. The maximum Gasteiger partial charge on any atom is 0.146 e. The van der Waals surface area contributed by atoms with E-state index in [0.29, 0.717) is 17.8 Å². The number of nitrogens with one attached hydrogen (secondary N) is 1. The lowest BCUT2D eigenvalue weighted by Gasteiger charge is -2.35. The highest BCUT2D eigenvalue weighted by molar-refractivity contribution is 5.52. The van der Waals surface area contributed by atoms with Gasteiger partial charge in [0.15, 0.2) is 0 Å². The van der Waals surface area contributed by atoms with E-state index >= 15 is 0 Å². The molecule has 2 rings (SSSR count). The number of benzene rings is 1. The van der Waals surface area contributed by atoms with E-state index in [9.17, 15) is 4.39 Å². The highest BCUT2D eigenvalue weighted by Gasteiger charge is 2.21. The van der Waals surface area contributed by atoms with Crippen molar-refractivity contribution in [1.82, 2.24) is 4.90 Å². The first kappa shape index (κ1) is 13.3. The van der Waals surface area contributed by atoms with Crippen LogP contribution in [0.15, 0.2) is 18.2 Å². The second kappa shape index (κ2) is 5.70. The van der Waals surface area contributed by atoms with E-state index in [1.807, 2.05) is 13.0 Å². The van der Waals surface area contributed by atoms with Crippen molar-refractivity contribution in [2.24, 2.45) is 0 Å². The molecule has 0 unspecified atom stereocenters. The van der Waals surface area contributed by atoms with Gasteiger partial charge < -0.3 is 10.2 Å². The quantitative estimate of drug-likeness (QED) is 0.884. The SMILES string of the molecule is Cc1cccc(F)c1NC1CCN(C(C)C)CC1. The number of likely N-dealkylation sites (tertiary alicyclic amines) is 1. The van der Waals surface area contributed by atoms with Gasteiger partial charge in [-0.05, 0) is 45.2 Å². The first-order chi connectivity index (χ1) is 8.58. The molecule has 1 saturated heterocycles. The first-order valence-corrected chi connectivity index (χ1v) is 6.83. The molecule has 18 heavy (non-hydrogen) atoms. The second-order valence-electron chi connectivity index (χ2n) is 5.48. The Hall–Kier alpha value is -1.09. The molecule has 1 fully saturated rings. The smallest absolute Gasteiger partial charge is 0.146 e. The molecule has 0 saturated carbocycles. The molecule has 0 bridgehead atoms. The van der Waals surface area contributed by atoms with Crippen molar-refractivity contribution >= 4 is 5.69 Å². The molecule has 0 spiro atoms. The van der Waals surface area contributed by atoms with E-state index < -0.39 is 0 Å². The van der Waals surface area contributed by atoms with Crippen molar-refractivity contribution in [3.63, 3.8) is 0 Å². The summed E-state index contributed by atoms with van der Waals surface area (Å²) >= 11 is 0. The number of hydrogen-bond donors (Lipinski definition) is 1. The summed E-state index contributed by atoms with van der Waals surface area (Å²) in [6, 6.07) is 6.25. The molecule has 2 nitrogen and oxygen atoms in total. The fourth-order valence-corrected chi connectivity index (χ4v) is 2.58. The second-order valence-corrected chi connectivity index (χ2v) is 5.48. The minimum absolute atomic E-state index is 0.138. The molecule has 0 atom stereocenters. The summed E-state index contributed by atoms with van der Waals surface area (Å²) < 4.78 is 13.7. The summed E-state index contributed by atoms with van der Waals surface area (Å²) in [7, 11) is 0. The van der Waals surface area contributed by atoms with Gasteiger partial charge in [-0.2, -0.15) is 0 Å². The number of aryl methyl sites for hydroxylation is 1. The number of piperidine rings is 1. The summed E-state index contributed by atoms with van der Waals surface area (Å²) in [6.07, 6.45) is 2.18. The van der Waals surface area contributed by atoms with Crippen LogP contribution < -0.4 is 5.32 Å². The van der Waals surface area contributed by atoms with Crippen molar-refractivity contribution in [1.29, 1.82) is 0 Å². The molecular formula is C15H23FN2. The molecule has 1 aliphatic heterocycles. The Labute approximate surface area is 109 Å². The average molecular weight is 250 g/mol. The Kier molecular flexibility index (Phi) is 4.23. The predicted molar refractivity (Wildman–Crippen MR) is 74.5 cm³/mol. The van der Waals surface area contributed by atoms with Gasteiger partial charge in [0.2, 0.25) is 0 Å². The van der Waals surface area contributed by atoms with Crippen LogP contribution in [0.4, 0.5) is 10.1 Å². The van der Waals surface area contributed by atoms with Crippen LogP contribution in [0, 0.1) is 12.7 Å². The fourth-order valence-electron chi connectivity index (χ4n) is 2.58. The van der Waals surface area contributed by atoms with Crippen LogP contribution in [0.3, 0.4) is 0 Å². The number of para-hydroxylation sites is 1.